The number of hydrogen-bond acceptors (Lipinski definition) is 7. The molecule has 1 saturated heterocycles. The summed E-state index contributed by atoms with van der Waals surface area (Å²) in [5.74, 6) is 0.170. The van der Waals surface area contributed by atoms with Crippen molar-refractivity contribution < 1.29 is 19.1 Å². The second-order valence-electron chi connectivity index (χ2n) is 12.8. The Morgan fingerprint density at radius 1 is 0.980 bits per heavy atom. The number of nitrogen functional groups attached to an aromatic ring is 1. The number of aryl methyl sites for hydroxylation is 1. The molecule has 5 N–H and O–H groups in total. The van der Waals surface area contributed by atoms with Gasteiger partial charge in [0.25, 0.3) is 11.8 Å². The number of piperazine rings is 1. The number of H-pyrrole nitrogens is 2. The van der Waals surface area contributed by atoms with E-state index in [-0.39, 0.29) is 17.7 Å². The lowest BCUT2D eigenvalue weighted by molar-refractivity contribution is 0.0982. The van der Waals surface area contributed by atoms with Crippen LogP contribution >= 0.6 is 22.9 Å². The molecule has 3 amide bonds. The van der Waals surface area contributed by atoms with Gasteiger partial charge in [-0.2, -0.15) is 0 Å². The smallest absolute Gasteiger partial charge is 0.409 e. The van der Waals surface area contributed by atoms with E-state index in [1.807, 2.05) is 44.3 Å². The molecule has 11 nitrogen and oxygen atoms in total. The summed E-state index contributed by atoms with van der Waals surface area (Å²) in [5, 5.41) is 7.60. The van der Waals surface area contributed by atoms with Gasteiger partial charge in [0.15, 0.2) is 5.75 Å². The third-order valence-electron chi connectivity index (χ3n) is 9.50. The maximum atomic E-state index is 14.2. The number of carbonyl (C=O) groups excluding carboxylic acids is 3. The van der Waals surface area contributed by atoms with E-state index in [0.717, 1.165) is 56.1 Å². The minimum absolute atomic E-state index is 0.0916. The van der Waals surface area contributed by atoms with Crippen LogP contribution in [0.25, 0.3) is 31.9 Å². The molecule has 8 rings (SSSR count). The molecule has 0 bridgehead atoms. The maximum absolute atomic E-state index is 14.2. The fourth-order valence-corrected chi connectivity index (χ4v) is 8.16. The predicted octanol–water partition coefficient (Wildman–Crippen LogP) is 6.74. The van der Waals surface area contributed by atoms with E-state index in [9.17, 15) is 14.4 Å². The van der Waals surface area contributed by atoms with Gasteiger partial charge in [-0.05, 0) is 79.0 Å². The van der Waals surface area contributed by atoms with Crippen molar-refractivity contribution in [2.75, 3.05) is 61.6 Å². The van der Waals surface area contributed by atoms with Gasteiger partial charge in [-0.3, -0.25) is 9.59 Å². The van der Waals surface area contributed by atoms with Gasteiger partial charge in [0, 0.05) is 89.2 Å². The van der Waals surface area contributed by atoms with Crippen molar-refractivity contribution >= 4 is 89.8 Å². The van der Waals surface area contributed by atoms with Gasteiger partial charge < -0.3 is 40.5 Å². The van der Waals surface area contributed by atoms with Gasteiger partial charge in [-0.1, -0.05) is 0 Å². The van der Waals surface area contributed by atoms with E-state index in [4.69, 9.17) is 22.1 Å². The van der Waals surface area contributed by atoms with E-state index >= 15 is 0 Å². The zero-order valence-corrected chi connectivity index (χ0v) is 28.5. The molecule has 3 aromatic carbocycles. The van der Waals surface area contributed by atoms with Crippen molar-refractivity contribution in [2.24, 2.45) is 0 Å². The van der Waals surface area contributed by atoms with Crippen LogP contribution in [0, 0.1) is 6.92 Å². The highest BCUT2D eigenvalue weighted by Gasteiger charge is 2.37. The van der Waals surface area contributed by atoms with Crippen LogP contribution < -0.4 is 20.7 Å². The van der Waals surface area contributed by atoms with Crippen LogP contribution in [0.5, 0.6) is 5.75 Å². The quantitative estimate of drug-likeness (QED) is 0.116. The highest BCUT2D eigenvalue weighted by molar-refractivity contribution is 7.17. The lowest BCUT2D eigenvalue weighted by Gasteiger charge is -2.31. The molecular formula is C36H34ClN7O4S. The van der Waals surface area contributed by atoms with Gasteiger partial charge in [0.2, 0.25) is 0 Å². The summed E-state index contributed by atoms with van der Waals surface area (Å²) in [7, 11) is 2.04. The molecule has 2 aliphatic rings. The number of nitrogens with zero attached hydrogens (tertiary/aromatic N) is 3. The third-order valence-corrected chi connectivity index (χ3v) is 11.0. The van der Waals surface area contributed by atoms with E-state index < -0.39 is 6.09 Å². The monoisotopic (exact) mass is 695 g/mol. The van der Waals surface area contributed by atoms with E-state index in [2.05, 4.69) is 25.6 Å². The van der Waals surface area contributed by atoms with Crippen molar-refractivity contribution in [3.8, 4) is 5.75 Å². The second kappa shape index (κ2) is 12.1. The number of amides is 3. The lowest BCUT2D eigenvalue weighted by atomic mass is 9.97. The number of hydrogen-bond donors (Lipinski definition) is 4. The number of thiophene rings is 1. The molecule has 0 spiro atoms. The Kier molecular flexibility index (Phi) is 7.73. The number of halogens is 1. The molecule has 1 atom stereocenters. The summed E-state index contributed by atoms with van der Waals surface area (Å²) >= 11 is 8.05. The minimum Gasteiger partial charge on any atom is -0.409 e. The van der Waals surface area contributed by atoms with Crippen molar-refractivity contribution in [1.29, 1.82) is 0 Å². The van der Waals surface area contributed by atoms with E-state index in [1.165, 1.54) is 11.3 Å². The first-order valence-electron chi connectivity index (χ1n) is 16.1. The van der Waals surface area contributed by atoms with Gasteiger partial charge in [0.1, 0.15) is 11.4 Å². The molecule has 13 heteroatoms. The van der Waals surface area contributed by atoms with Gasteiger partial charge in [-0.25, -0.2) is 4.79 Å². The summed E-state index contributed by atoms with van der Waals surface area (Å²) in [6.45, 7) is 5.18. The summed E-state index contributed by atoms with van der Waals surface area (Å²) in [6, 6.07) is 16.3. The van der Waals surface area contributed by atoms with Crippen molar-refractivity contribution in [1.82, 2.24) is 19.8 Å². The Morgan fingerprint density at radius 2 is 1.69 bits per heavy atom. The number of benzene rings is 3. The average Bonchev–Trinajstić information content (AvgIpc) is 3.88. The number of alkyl halides is 1. The number of nitrogens with two attached hydrogens (primary N) is 1. The second-order valence-corrected chi connectivity index (χ2v) is 14.0. The number of ether oxygens (including phenoxy) is 1. The number of carbonyl (C=O) groups is 3. The first-order valence-corrected chi connectivity index (χ1v) is 17.5. The molecule has 5 heterocycles. The molecular weight excluding hydrogens is 662 g/mol. The molecule has 0 aliphatic carbocycles. The number of anilines is 3. The van der Waals surface area contributed by atoms with Crippen molar-refractivity contribution in [2.45, 2.75) is 12.8 Å². The number of nitrogens with one attached hydrogen (secondary N) is 3. The molecule has 6 aromatic rings. The van der Waals surface area contributed by atoms with E-state index in [0.29, 0.717) is 59.7 Å². The fraction of sp³-hybridized carbons (Fsp3) is 0.250. The SMILES string of the molecule is Cc1csc2c(OC(=O)N3CCN(C)CC3)cc3c(c12)[C@@H](CCl)CN3C(=O)c1cc2cc(NC(=O)c3cc4cc(N)ccc4[nH]3)ccc2[nH]1. The summed E-state index contributed by atoms with van der Waals surface area (Å²) < 4.78 is 6.92. The Balaban J connectivity index is 1.08. The van der Waals surface area contributed by atoms with Crippen LogP contribution in [0.2, 0.25) is 0 Å². The predicted molar refractivity (Wildman–Crippen MR) is 196 cm³/mol. The molecule has 3 aromatic heterocycles. The van der Waals surface area contributed by atoms with Crippen LogP contribution in [-0.2, 0) is 0 Å². The molecule has 2 aliphatic heterocycles. The molecule has 0 radical (unpaired) electrons. The topological polar surface area (TPSA) is 140 Å². The number of fused-ring (bicyclic) bond motifs is 5. The zero-order chi connectivity index (χ0) is 34.0. The Hall–Kier alpha value is -5.04. The Bertz CT molecular complexity index is 2300. The lowest BCUT2D eigenvalue weighted by Crippen LogP contribution is -2.48. The van der Waals surface area contributed by atoms with Gasteiger partial charge in [-0.15, -0.1) is 22.9 Å². The highest BCUT2D eigenvalue weighted by atomic mass is 35.5. The largest absolute Gasteiger partial charge is 0.415 e. The summed E-state index contributed by atoms with van der Waals surface area (Å²) in [6.07, 6.45) is -0.391. The standard InChI is InChI=1S/C36H34ClN7O4S/c1-19-18-49-33-30(48-36(47)43-9-7-42(2)8-10-43)15-29-32(31(19)33)22(16-37)17-44(29)35(46)28-14-21-12-24(4-6-26(21)41-28)39-34(45)27-13-20-11-23(38)3-5-25(20)40-27/h3-6,11-15,18,22,40-41H,7-10,16-17,38H2,1-2H3,(H,39,45)/t22-/m0/s1. The Labute approximate surface area is 290 Å². The van der Waals surface area contributed by atoms with Crippen LogP contribution in [0.3, 0.4) is 0 Å². The minimum atomic E-state index is -0.391. The van der Waals surface area contributed by atoms with Crippen LogP contribution in [-0.4, -0.2) is 83.3 Å². The molecule has 49 heavy (non-hydrogen) atoms. The van der Waals surface area contributed by atoms with Crippen LogP contribution in [0.4, 0.5) is 21.9 Å². The highest BCUT2D eigenvalue weighted by Crippen LogP contribution is 2.49. The van der Waals surface area contributed by atoms with Crippen molar-refractivity contribution in [3.05, 3.63) is 82.5 Å². The molecule has 0 saturated carbocycles. The fourth-order valence-electron chi connectivity index (χ4n) is 6.89. The summed E-state index contributed by atoms with van der Waals surface area (Å²) in [4.78, 5) is 52.6. The third kappa shape index (κ3) is 5.55. The van der Waals surface area contributed by atoms with Crippen LogP contribution in [0.15, 0.2) is 60.0 Å². The first-order chi connectivity index (χ1) is 23.7. The maximum Gasteiger partial charge on any atom is 0.415 e. The number of rotatable bonds is 5. The molecule has 0 unspecified atom stereocenters. The van der Waals surface area contributed by atoms with Crippen molar-refractivity contribution in [3.63, 3.8) is 0 Å². The molecule has 250 valence electrons. The first kappa shape index (κ1) is 31.2. The zero-order valence-electron chi connectivity index (χ0n) is 26.9. The number of aromatic nitrogens is 2. The van der Waals surface area contributed by atoms with Gasteiger partial charge >= 0.3 is 6.09 Å². The molecule has 1 fully saturated rings. The Morgan fingerprint density at radius 3 is 2.47 bits per heavy atom. The average molecular weight is 696 g/mol. The van der Waals surface area contributed by atoms with E-state index in [1.54, 1.807) is 34.1 Å². The number of likely N-dealkylation sites (N-methyl/N-ethyl adjacent to an activating group) is 1. The summed E-state index contributed by atoms with van der Waals surface area (Å²) in [5.41, 5.74) is 12.2. The van der Waals surface area contributed by atoms with Gasteiger partial charge in [0.05, 0.1) is 10.4 Å². The van der Waals surface area contributed by atoms with Crippen LogP contribution in [0.1, 0.15) is 38.0 Å². The number of aromatic amines is 2. The normalized spacial score (nSPS) is 16.5.